The number of hydrogen-bond donors (Lipinski definition) is 1. The molecule has 0 saturated heterocycles. The van der Waals surface area contributed by atoms with Gasteiger partial charge in [0.05, 0.1) is 17.6 Å². The average Bonchev–Trinajstić information content (AvgIpc) is 2.28. The van der Waals surface area contributed by atoms with Crippen molar-refractivity contribution in [1.82, 2.24) is 9.97 Å². The molecule has 2 aromatic heterocycles. The predicted molar refractivity (Wildman–Crippen MR) is 61.4 cm³/mol. The number of rotatable bonds is 2. The van der Waals surface area contributed by atoms with Crippen LogP contribution in [0.4, 0.5) is 18.9 Å². The number of alkyl halides is 2. The smallest absolute Gasteiger partial charge is 0.289 e. The molecule has 0 spiro atoms. The Hall–Kier alpha value is -2.11. The highest BCUT2D eigenvalue weighted by Crippen LogP contribution is 2.31. The standard InChI is InChI=1S/C12H10F3N3/c1-12(14,15)11-9(16)2-3-10(18-11)7-4-8(13)6-17-5-7/h2-6H,16H2,1H3. The monoisotopic (exact) mass is 253 g/mol. The summed E-state index contributed by atoms with van der Waals surface area (Å²) in [7, 11) is 0. The quantitative estimate of drug-likeness (QED) is 0.895. The van der Waals surface area contributed by atoms with Crippen LogP contribution in [-0.4, -0.2) is 9.97 Å². The van der Waals surface area contributed by atoms with Gasteiger partial charge in [-0.05, 0) is 18.2 Å². The first-order chi connectivity index (χ1) is 8.38. The summed E-state index contributed by atoms with van der Waals surface area (Å²) < 4.78 is 39.5. The second kappa shape index (κ2) is 4.29. The first kappa shape index (κ1) is 12.3. The molecule has 2 N–H and O–H groups in total. The van der Waals surface area contributed by atoms with Crippen LogP contribution in [0.5, 0.6) is 0 Å². The molecule has 0 bridgehead atoms. The van der Waals surface area contributed by atoms with E-state index >= 15 is 0 Å². The van der Waals surface area contributed by atoms with E-state index in [0.29, 0.717) is 12.5 Å². The maximum Gasteiger partial charge on any atom is 0.289 e. The van der Waals surface area contributed by atoms with Crippen LogP contribution in [0.1, 0.15) is 12.6 Å². The summed E-state index contributed by atoms with van der Waals surface area (Å²) in [5.41, 5.74) is 5.35. The van der Waals surface area contributed by atoms with Gasteiger partial charge in [-0.1, -0.05) is 0 Å². The van der Waals surface area contributed by atoms with Gasteiger partial charge in [-0.15, -0.1) is 0 Å². The Kier molecular flexibility index (Phi) is 2.94. The number of aromatic nitrogens is 2. The SMILES string of the molecule is CC(F)(F)c1nc(-c2cncc(F)c2)ccc1N. The maximum atomic E-state index is 13.3. The van der Waals surface area contributed by atoms with E-state index < -0.39 is 17.4 Å². The predicted octanol–water partition coefficient (Wildman–Crippen LogP) is 2.98. The fraction of sp³-hybridized carbons (Fsp3) is 0.167. The van der Waals surface area contributed by atoms with E-state index in [1.165, 1.54) is 24.4 Å². The molecule has 0 aromatic carbocycles. The van der Waals surface area contributed by atoms with E-state index in [1.54, 1.807) is 0 Å². The zero-order valence-corrected chi connectivity index (χ0v) is 9.49. The molecule has 94 valence electrons. The van der Waals surface area contributed by atoms with Crippen molar-refractivity contribution in [3.63, 3.8) is 0 Å². The molecule has 0 atom stereocenters. The Morgan fingerprint density at radius 3 is 2.56 bits per heavy atom. The minimum Gasteiger partial charge on any atom is -0.397 e. The molecule has 18 heavy (non-hydrogen) atoms. The summed E-state index contributed by atoms with van der Waals surface area (Å²) in [5.74, 6) is -3.71. The number of hydrogen-bond acceptors (Lipinski definition) is 3. The number of nitrogen functional groups attached to an aromatic ring is 1. The largest absolute Gasteiger partial charge is 0.397 e. The van der Waals surface area contributed by atoms with Crippen molar-refractivity contribution in [1.29, 1.82) is 0 Å². The molecule has 6 heteroatoms. The molecule has 2 aromatic rings. The molecular weight excluding hydrogens is 243 g/mol. The number of nitrogens with two attached hydrogens (primary N) is 1. The second-order valence-electron chi connectivity index (χ2n) is 3.91. The van der Waals surface area contributed by atoms with E-state index in [1.807, 2.05) is 0 Å². The van der Waals surface area contributed by atoms with E-state index in [-0.39, 0.29) is 11.4 Å². The van der Waals surface area contributed by atoms with Crippen LogP contribution in [0.15, 0.2) is 30.6 Å². The van der Waals surface area contributed by atoms with Gasteiger partial charge >= 0.3 is 0 Å². The lowest BCUT2D eigenvalue weighted by Crippen LogP contribution is -2.13. The third-order valence-electron chi connectivity index (χ3n) is 2.34. The van der Waals surface area contributed by atoms with Crippen LogP contribution in [0.25, 0.3) is 11.3 Å². The van der Waals surface area contributed by atoms with Gasteiger partial charge in [0.15, 0.2) is 0 Å². The summed E-state index contributed by atoms with van der Waals surface area (Å²) in [4.78, 5) is 7.41. The average molecular weight is 253 g/mol. The van der Waals surface area contributed by atoms with Crippen LogP contribution in [0.3, 0.4) is 0 Å². The molecule has 0 unspecified atom stereocenters. The normalized spacial score (nSPS) is 11.6. The van der Waals surface area contributed by atoms with Gasteiger partial charge in [0.2, 0.25) is 0 Å². The molecule has 2 heterocycles. The first-order valence-corrected chi connectivity index (χ1v) is 5.13. The number of pyridine rings is 2. The lowest BCUT2D eigenvalue weighted by atomic mass is 10.1. The van der Waals surface area contributed by atoms with Crippen LogP contribution in [-0.2, 0) is 5.92 Å². The van der Waals surface area contributed by atoms with Gasteiger partial charge in [-0.25, -0.2) is 9.37 Å². The minimum absolute atomic E-state index is 0.101. The summed E-state index contributed by atoms with van der Waals surface area (Å²) in [6.45, 7) is 0.708. The summed E-state index contributed by atoms with van der Waals surface area (Å²) in [6, 6.07) is 3.93. The zero-order valence-electron chi connectivity index (χ0n) is 9.49. The summed E-state index contributed by atoms with van der Waals surface area (Å²) in [5, 5.41) is 0. The Bertz CT molecular complexity index is 579. The summed E-state index contributed by atoms with van der Waals surface area (Å²) in [6.07, 6.45) is 2.37. The summed E-state index contributed by atoms with van der Waals surface area (Å²) >= 11 is 0. The molecule has 0 fully saturated rings. The lowest BCUT2D eigenvalue weighted by Gasteiger charge is -2.13. The minimum atomic E-state index is -3.15. The molecule has 0 aliphatic heterocycles. The zero-order chi connectivity index (χ0) is 13.3. The molecule has 0 aliphatic carbocycles. The van der Waals surface area contributed by atoms with Gasteiger partial charge < -0.3 is 5.73 Å². The highest BCUT2D eigenvalue weighted by atomic mass is 19.3. The highest BCUT2D eigenvalue weighted by molar-refractivity contribution is 5.61. The highest BCUT2D eigenvalue weighted by Gasteiger charge is 2.29. The Labute approximate surface area is 101 Å². The van der Waals surface area contributed by atoms with E-state index in [2.05, 4.69) is 9.97 Å². The van der Waals surface area contributed by atoms with Crippen LogP contribution in [0, 0.1) is 5.82 Å². The van der Waals surface area contributed by atoms with Crippen LogP contribution in [0.2, 0.25) is 0 Å². The Morgan fingerprint density at radius 2 is 1.94 bits per heavy atom. The number of halogens is 3. The number of nitrogens with zero attached hydrogens (tertiary/aromatic N) is 2. The first-order valence-electron chi connectivity index (χ1n) is 5.13. The third-order valence-corrected chi connectivity index (χ3v) is 2.34. The van der Waals surface area contributed by atoms with Crippen molar-refractivity contribution >= 4 is 5.69 Å². The molecule has 0 amide bonds. The van der Waals surface area contributed by atoms with Gasteiger partial charge in [-0.2, -0.15) is 8.78 Å². The van der Waals surface area contributed by atoms with Gasteiger partial charge in [-0.3, -0.25) is 4.98 Å². The maximum absolute atomic E-state index is 13.3. The Morgan fingerprint density at radius 1 is 1.22 bits per heavy atom. The second-order valence-corrected chi connectivity index (χ2v) is 3.91. The van der Waals surface area contributed by atoms with Crippen LogP contribution >= 0.6 is 0 Å². The van der Waals surface area contributed by atoms with Crippen molar-refractivity contribution in [3.8, 4) is 11.3 Å². The third kappa shape index (κ3) is 2.42. The van der Waals surface area contributed by atoms with Crippen molar-refractivity contribution in [2.45, 2.75) is 12.8 Å². The fourth-order valence-corrected chi connectivity index (χ4v) is 1.53. The van der Waals surface area contributed by atoms with Crippen molar-refractivity contribution < 1.29 is 13.2 Å². The van der Waals surface area contributed by atoms with Crippen molar-refractivity contribution in [3.05, 3.63) is 42.1 Å². The molecule has 0 radical (unpaired) electrons. The van der Waals surface area contributed by atoms with Gasteiger partial charge in [0.25, 0.3) is 5.92 Å². The molecular formula is C12H10F3N3. The topological polar surface area (TPSA) is 51.8 Å². The van der Waals surface area contributed by atoms with Crippen molar-refractivity contribution in [2.75, 3.05) is 5.73 Å². The molecule has 0 aliphatic rings. The Balaban J connectivity index is 2.54. The lowest BCUT2D eigenvalue weighted by molar-refractivity contribution is 0.0138. The van der Waals surface area contributed by atoms with Gasteiger partial charge in [0.1, 0.15) is 11.5 Å². The molecule has 2 rings (SSSR count). The van der Waals surface area contributed by atoms with Crippen LogP contribution < -0.4 is 5.73 Å². The molecule has 3 nitrogen and oxygen atoms in total. The van der Waals surface area contributed by atoms with Gasteiger partial charge in [0, 0.05) is 18.7 Å². The fourth-order valence-electron chi connectivity index (χ4n) is 1.53. The van der Waals surface area contributed by atoms with E-state index in [0.717, 1.165) is 6.20 Å². The van der Waals surface area contributed by atoms with Crippen molar-refractivity contribution in [2.24, 2.45) is 0 Å². The molecule has 0 saturated carbocycles. The van der Waals surface area contributed by atoms with E-state index in [9.17, 15) is 13.2 Å². The van der Waals surface area contributed by atoms with E-state index in [4.69, 9.17) is 5.73 Å². The number of anilines is 1.